The second-order valence-corrected chi connectivity index (χ2v) is 10.4. The van der Waals surface area contributed by atoms with Gasteiger partial charge in [-0.25, -0.2) is 0 Å². The lowest BCUT2D eigenvalue weighted by molar-refractivity contribution is -0.941. The zero-order valence-electron chi connectivity index (χ0n) is 16.7. The lowest BCUT2D eigenvalue weighted by atomic mass is 9.57. The van der Waals surface area contributed by atoms with Gasteiger partial charge in [0.05, 0.1) is 25.7 Å². The fourth-order valence-corrected chi connectivity index (χ4v) is 6.86. The van der Waals surface area contributed by atoms with Gasteiger partial charge in [0, 0.05) is 30.2 Å². The third kappa shape index (κ3) is 2.52. The molecule has 3 aliphatic carbocycles. The molecule has 0 amide bonds. The Bertz CT molecular complexity index is 880. The second kappa shape index (κ2) is 6.04. The summed E-state index contributed by atoms with van der Waals surface area (Å²) >= 11 is 5.17. The summed E-state index contributed by atoms with van der Waals surface area (Å²) in [6.07, 6.45) is 6.08. The zero-order valence-corrected chi connectivity index (χ0v) is 17.5. The van der Waals surface area contributed by atoms with E-state index in [0.29, 0.717) is 5.56 Å². The predicted octanol–water partition coefficient (Wildman–Crippen LogP) is 2.99. The van der Waals surface area contributed by atoms with Gasteiger partial charge in [-0.3, -0.25) is 0 Å². The molecular weight excluding hydrogens is 368 g/mol. The second-order valence-electron chi connectivity index (χ2n) is 9.97. The number of allylic oxidation sites excluding steroid dienone is 1. The molecule has 0 aromatic heterocycles. The molecule has 0 radical (unpaired) electrons. The first-order valence-corrected chi connectivity index (χ1v) is 11.0. The monoisotopic (exact) mass is 399 g/mol. The predicted molar refractivity (Wildman–Crippen MR) is 114 cm³/mol. The Morgan fingerprint density at radius 1 is 1.36 bits per heavy atom. The quantitative estimate of drug-likeness (QED) is 0.415. The number of phenols is 1. The Hall–Kier alpha value is -1.43. The molecular formula is C23H31N2O2S+. The zero-order chi connectivity index (χ0) is 19.8. The molecule has 4 nitrogen and oxygen atoms in total. The number of nitrogens with zero attached hydrogens (tertiary/aromatic N) is 1. The highest BCUT2D eigenvalue weighted by Crippen LogP contribution is 2.59. The normalized spacial score (nSPS) is 39.2. The number of quaternary nitrogens is 1. The van der Waals surface area contributed by atoms with E-state index in [0.717, 1.165) is 60.3 Å². The molecule has 1 heterocycles. The van der Waals surface area contributed by atoms with Crippen LogP contribution in [0.4, 0.5) is 0 Å². The smallest absolute Gasteiger partial charge is 0.129 e. The maximum absolute atomic E-state index is 12.2. The van der Waals surface area contributed by atoms with Crippen molar-refractivity contribution < 1.29 is 14.7 Å². The average molecular weight is 400 g/mol. The van der Waals surface area contributed by atoms with Gasteiger partial charge in [-0.2, -0.15) is 0 Å². The van der Waals surface area contributed by atoms with Crippen molar-refractivity contribution in [2.75, 3.05) is 20.1 Å². The van der Waals surface area contributed by atoms with E-state index in [1.54, 1.807) is 0 Å². The molecule has 1 aromatic carbocycles. The summed E-state index contributed by atoms with van der Waals surface area (Å²) < 4.78 is 0.943. The van der Waals surface area contributed by atoms with Gasteiger partial charge < -0.3 is 20.4 Å². The molecule has 4 N–H and O–H groups in total. The first kappa shape index (κ1) is 18.6. The molecule has 5 heteroatoms. The van der Waals surface area contributed by atoms with Crippen LogP contribution in [0, 0.1) is 11.8 Å². The van der Waals surface area contributed by atoms with Crippen molar-refractivity contribution in [2.24, 2.45) is 17.6 Å². The van der Waals surface area contributed by atoms with Crippen molar-refractivity contribution in [3.8, 4) is 5.75 Å². The molecule has 1 aliphatic heterocycles. The molecule has 5 rings (SSSR count). The summed E-state index contributed by atoms with van der Waals surface area (Å²) in [5.41, 5.74) is 8.85. The molecule has 1 saturated heterocycles. The van der Waals surface area contributed by atoms with Crippen LogP contribution < -0.4 is 5.73 Å². The largest absolute Gasteiger partial charge is 0.507 e. The summed E-state index contributed by atoms with van der Waals surface area (Å²) in [5.74, 6) is 1.08. The molecule has 4 aliphatic rings. The molecule has 150 valence electrons. The van der Waals surface area contributed by atoms with Crippen LogP contribution in [0.1, 0.15) is 54.7 Å². The van der Waals surface area contributed by atoms with E-state index in [-0.39, 0.29) is 28.6 Å². The lowest BCUT2D eigenvalue weighted by Gasteiger charge is -2.54. The molecule has 1 aromatic rings. The minimum Gasteiger partial charge on any atom is -0.507 e. The molecule has 5 atom stereocenters. The van der Waals surface area contributed by atoms with Crippen LogP contribution in [0.25, 0.3) is 0 Å². The Morgan fingerprint density at radius 3 is 2.79 bits per heavy atom. The SMILES string of the molecule is C=C1CCC2(O)C3c4c(ccc(C(N)=S)c4O)CC2[N+](C)(CC2CC2)CCC13. The van der Waals surface area contributed by atoms with Gasteiger partial charge in [-0.1, -0.05) is 30.4 Å². The fourth-order valence-electron chi connectivity index (χ4n) is 6.70. The van der Waals surface area contributed by atoms with E-state index in [9.17, 15) is 10.2 Å². The van der Waals surface area contributed by atoms with Gasteiger partial charge in [0.15, 0.2) is 0 Å². The molecule has 5 unspecified atom stereocenters. The third-order valence-corrected chi connectivity index (χ3v) is 8.48. The number of hydrogen-bond acceptors (Lipinski definition) is 3. The maximum atomic E-state index is 12.2. The molecule has 4 bridgehead atoms. The van der Waals surface area contributed by atoms with Gasteiger partial charge in [-0.15, -0.1) is 0 Å². The topological polar surface area (TPSA) is 66.5 Å². The highest BCUT2D eigenvalue weighted by molar-refractivity contribution is 7.80. The number of fused-ring (bicyclic) bond motifs is 1. The van der Waals surface area contributed by atoms with Crippen LogP contribution in [0.15, 0.2) is 24.3 Å². The number of thiocarbonyl (C=S) groups is 1. The van der Waals surface area contributed by atoms with Crippen molar-refractivity contribution in [3.63, 3.8) is 0 Å². The highest BCUT2D eigenvalue weighted by Gasteiger charge is 2.63. The van der Waals surface area contributed by atoms with Gasteiger partial charge >= 0.3 is 0 Å². The molecule has 0 spiro atoms. The average Bonchev–Trinajstić information content (AvgIpc) is 3.44. The summed E-state index contributed by atoms with van der Waals surface area (Å²) in [7, 11) is 2.36. The first-order valence-electron chi connectivity index (χ1n) is 10.6. The Morgan fingerprint density at radius 2 is 2.11 bits per heavy atom. The summed E-state index contributed by atoms with van der Waals surface area (Å²) in [4.78, 5) is 0.210. The molecule has 28 heavy (non-hydrogen) atoms. The van der Waals surface area contributed by atoms with E-state index in [4.69, 9.17) is 18.0 Å². The third-order valence-electron chi connectivity index (χ3n) is 8.26. The maximum Gasteiger partial charge on any atom is 0.129 e. The number of aliphatic hydroxyl groups is 1. The summed E-state index contributed by atoms with van der Waals surface area (Å²) in [5, 5.41) is 23.4. The number of rotatable bonds is 3. The first-order chi connectivity index (χ1) is 13.2. The van der Waals surface area contributed by atoms with E-state index in [1.165, 1.54) is 18.4 Å². The van der Waals surface area contributed by atoms with Crippen molar-refractivity contribution in [3.05, 3.63) is 41.0 Å². The number of hydrogen-bond donors (Lipinski definition) is 3. The Kier molecular flexibility index (Phi) is 4.01. The van der Waals surface area contributed by atoms with Crippen molar-refractivity contribution in [1.29, 1.82) is 0 Å². The fraction of sp³-hybridized carbons (Fsp3) is 0.609. The highest BCUT2D eigenvalue weighted by atomic mass is 32.1. The number of aromatic hydroxyl groups is 1. The van der Waals surface area contributed by atoms with Crippen LogP contribution in [-0.4, -0.2) is 51.5 Å². The van der Waals surface area contributed by atoms with E-state index in [2.05, 4.69) is 19.7 Å². The Balaban J connectivity index is 1.72. The van der Waals surface area contributed by atoms with Gasteiger partial charge in [-0.05, 0) is 43.2 Å². The molecule has 3 fully saturated rings. The van der Waals surface area contributed by atoms with Gasteiger partial charge in [0.1, 0.15) is 22.4 Å². The van der Waals surface area contributed by atoms with E-state index >= 15 is 0 Å². The van der Waals surface area contributed by atoms with Crippen LogP contribution in [0.2, 0.25) is 0 Å². The number of benzene rings is 1. The minimum atomic E-state index is -0.814. The van der Waals surface area contributed by atoms with Crippen molar-refractivity contribution >= 4 is 17.2 Å². The van der Waals surface area contributed by atoms with Crippen LogP contribution in [-0.2, 0) is 6.42 Å². The number of nitrogens with two attached hydrogens (primary N) is 1. The Labute approximate surface area is 172 Å². The summed E-state index contributed by atoms with van der Waals surface area (Å²) in [6, 6.07) is 4.10. The van der Waals surface area contributed by atoms with Crippen LogP contribution in [0.5, 0.6) is 5.75 Å². The summed E-state index contributed by atoms with van der Waals surface area (Å²) in [6.45, 7) is 6.61. The van der Waals surface area contributed by atoms with Gasteiger partial charge in [0.2, 0.25) is 0 Å². The van der Waals surface area contributed by atoms with Crippen molar-refractivity contribution in [2.45, 2.75) is 56.1 Å². The minimum absolute atomic E-state index is 0.115. The number of likely N-dealkylation sites (N-methyl/N-ethyl adjacent to an activating group) is 1. The number of likely N-dealkylation sites (tertiary alicyclic amines) is 1. The standard InChI is InChI=1S/C23H30N2O2S/c1-13-7-9-23(27)18-11-15-5-6-17(22(24)28)21(26)19(15)20(23)16(13)8-10-25(18,2)12-14-3-4-14/h5-6,14,16,18,20,27H,1,3-4,7-12H2,2H3,(H2-,24,26,28)/p+1. The van der Waals surface area contributed by atoms with E-state index in [1.807, 2.05) is 6.07 Å². The van der Waals surface area contributed by atoms with Crippen LogP contribution >= 0.6 is 12.2 Å². The molecule has 2 saturated carbocycles. The lowest BCUT2D eigenvalue weighted by Crippen LogP contribution is -2.67. The van der Waals surface area contributed by atoms with Gasteiger partial charge in [0.25, 0.3) is 0 Å². The number of phenolic OH excluding ortho intramolecular Hbond substituents is 1. The van der Waals surface area contributed by atoms with Crippen LogP contribution in [0.3, 0.4) is 0 Å². The van der Waals surface area contributed by atoms with Crippen molar-refractivity contribution in [1.82, 2.24) is 0 Å². The van der Waals surface area contributed by atoms with E-state index < -0.39 is 5.60 Å².